The average molecular weight is 390 g/mol. The molecule has 28 heavy (non-hydrogen) atoms. The molecule has 0 radical (unpaired) electrons. The zero-order valence-corrected chi connectivity index (χ0v) is 14.4. The molecule has 2 aromatic carbocycles. The molecule has 1 aromatic heterocycles. The molecule has 1 amide bonds. The number of nitro benzene ring substituents is 1. The highest BCUT2D eigenvalue weighted by Gasteiger charge is 2.40. The minimum absolute atomic E-state index is 0.0415. The molecule has 0 aliphatic heterocycles. The molecule has 7 nitrogen and oxygen atoms in total. The van der Waals surface area contributed by atoms with Crippen molar-refractivity contribution in [1.29, 1.82) is 0 Å². The number of nitro groups is 1. The standard InChI is InChI=1S/C18H13F3N4O3/c1-11-7-8-13(25(27)28)9-15(11)23-17(26)14-10-22-24(16(14)18(19,20)21)12-5-3-2-4-6-12/h2-10H,1H3,(H,23,26). The van der Waals surface area contributed by atoms with Crippen LogP contribution in [0.15, 0.2) is 54.7 Å². The van der Waals surface area contributed by atoms with Gasteiger partial charge < -0.3 is 5.32 Å². The fourth-order valence-electron chi connectivity index (χ4n) is 2.60. The van der Waals surface area contributed by atoms with Crippen LogP contribution in [-0.4, -0.2) is 20.6 Å². The maximum atomic E-state index is 13.6. The second-order valence-electron chi connectivity index (χ2n) is 5.86. The van der Waals surface area contributed by atoms with Crippen molar-refractivity contribution < 1.29 is 22.9 Å². The Morgan fingerprint density at radius 1 is 1.18 bits per heavy atom. The van der Waals surface area contributed by atoms with Gasteiger partial charge in [0, 0.05) is 12.1 Å². The average Bonchev–Trinajstić information content (AvgIpc) is 3.10. The van der Waals surface area contributed by atoms with E-state index in [1.807, 2.05) is 0 Å². The number of hydrogen-bond acceptors (Lipinski definition) is 4. The van der Waals surface area contributed by atoms with Crippen LogP contribution in [0.5, 0.6) is 0 Å². The number of non-ortho nitro benzene ring substituents is 1. The van der Waals surface area contributed by atoms with Gasteiger partial charge in [0.25, 0.3) is 11.6 Å². The van der Waals surface area contributed by atoms with Gasteiger partial charge in [-0.3, -0.25) is 14.9 Å². The van der Waals surface area contributed by atoms with Crippen LogP contribution in [0.4, 0.5) is 24.5 Å². The molecule has 0 aliphatic rings. The Morgan fingerprint density at radius 3 is 2.46 bits per heavy atom. The van der Waals surface area contributed by atoms with E-state index in [9.17, 15) is 28.1 Å². The minimum atomic E-state index is -4.85. The zero-order chi connectivity index (χ0) is 20.5. The molecule has 0 aliphatic carbocycles. The number of anilines is 1. The van der Waals surface area contributed by atoms with Crippen LogP contribution >= 0.6 is 0 Å². The fraction of sp³-hybridized carbons (Fsp3) is 0.111. The summed E-state index contributed by atoms with van der Waals surface area (Å²) in [5, 5.41) is 16.9. The van der Waals surface area contributed by atoms with E-state index in [1.54, 1.807) is 25.1 Å². The second kappa shape index (κ2) is 7.14. The van der Waals surface area contributed by atoms with Crippen LogP contribution in [0.1, 0.15) is 21.6 Å². The lowest BCUT2D eigenvalue weighted by Gasteiger charge is -2.13. The number of benzene rings is 2. The molecule has 0 spiro atoms. The lowest BCUT2D eigenvalue weighted by atomic mass is 10.1. The van der Waals surface area contributed by atoms with E-state index in [0.29, 0.717) is 10.2 Å². The lowest BCUT2D eigenvalue weighted by molar-refractivity contribution is -0.384. The number of nitrogens with one attached hydrogen (secondary N) is 1. The maximum Gasteiger partial charge on any atom is 0.434 e. The number of hydrogen-bond donors (Lipinski definition) is 1. The van der Waals surface area contributed by atoms with Gasteiger partial charge in [-0.2, -0.15) is 18.3 Å². The Bertz CT molecular complexity index is 1050. The number of aryl methyl sites for hydroxylation is 1. The molecule has 144 valence electrons. The van der Waals surface area contributed by atoms with E-state index < -0.39 is 28.3 Å². The normalized spacial score (nSPS) is 11.3. The Labute approximate surface area is 156 Å². The summed E-state index contributed by atoms with van der Waals surface area (Å²) in [6, 6.07) is 11.3. The predicted octanol–water partition coefficient (Wildman–Crippen LogP) is 4.36. The van der Waals surface area contributed by atoms with Gasteiger partial charge in [-0.05, 0) is 24.6 Å². The van der Waals surface area contributed by atoms with E-state index in [2.05, 4.69) is 10.4 Å². The van der Waals surface area contributed by atoms with Crippen LogP contribution in [0.25, 0.3) is 5.69 Å². The number of carbonyl (C=O) groups is 1. The predicted molar refractivity (Wildman–Crippen MR) is 94.4 cm³/mol. The van der Waals surface area contributed by atoms with Gasteiger partial charge in [-0.25, -0.2) is 4.68 Å². The molecule has 1 N–H and O–H groups in total. The van der Waals surface area contributed by atoms with Crippen molar-refractivity contribution in [3.63, 3.8) is 0 Å². The number of amides is 1. The van der Waals surface area contributed by atoms with Crippen LogP contribution in [0.2, 0.25) is 0 Å². The first kappa shape index (κ1) is 19.1. The molecule has 0 saturated carbocycles. The van der Waals surface area contributed by atoms with Crippen LogP contribution < -0.4 is 5.32 Å². The molecule has 0 saturated heterocycles. The van der Waals surface area contributed by atoms with Gasteiger partial charge in [0.05, 0.1) is 28.1 Å². The first-order valence-electron chi connectivity index (χ1n) is 7.95. The Hall–Kier alpha value is -3.69. The van der Waals surface area contributed by atoms with E-state index >= 15 is 0 Å². The molecule has 10 heteroatoms. The smallest absolute Gasteiger partial charge is 0.321 e. The van der Waals surface area contributed by atoms with Crippen molar-refractivity contribution in [2.24, 2.45) is 0 Å². The molecule has 1 heterocycles. The molecule has 0 bridgehead atoms. The van der Waals surface area contributed by atoms with Crippen molar-refractivity contribution in [1.82, 2.24) is 9.78 Å². The van der Waals surface area contributed by atoms with E-state index in [-0.39, 0.29) is 17.1 Å². The highest BCUT2D eigenvalue weighted by molar-refractivity contribution is 6.05. The maximum absolute atomic E-state index is 13.6. The SMILES string of the molecule is Cc1ccc([N+](=O)[O-])cc1NC(=O)c1cnn(-c2ccccc2)c1C(F)(F)F. The Kier molecular flexibility index (Phi) is 4.87. The number of aromatic nitrogens is 2. The summed E-state index contributed by atoms with van der Waals surface area (Å²) < 4.78 is 41.6. The second-order valence-corrected chi connectivity index (χ2v) is 5.86. The molecule has 0 fully saturated rings. The van der Waals surface area contributed by atoms with Gasteiger partial charge in [0.15, 0.2) is 5.69 Å². The Morgan fingerprint density at radius 2 is 1.86 bits per heavy atom. The summed E-state index contributed by atoms with van der Waals surface area (Å²) in [4.78, 5) is 22.8. The van der Waals surface area contributed by atoms with Crippen LogP contribution in [-0.2, 0) is 6.18 Å². The lowest BCUT2D eigenvalue weighted by Crippen LogP contribution is -2.21. The summed E-state index contributed by atoms with van der Waals surface area (Å²) in [6.45, 7) is 1.57. The molecular formula is C18H13F3N4O3. The van der Waals surface area contributed by atoms with E-state index in [4.69, 9.17) is 0 Å². The number of rotatable bonds is 4. The number of carbonyl (C=O) groups excluding carboxylic acids is 1. The number of nitrogens with zero attached hydrogens (tertiary/aromatic N) is 3. The zero-order valence-electron chi connectivity index (χ0n) is 14.4. The first-order chi connectivity index (χ1) is 13.2. The fourth-order valence-corrected chi connectivity index (χ4v) is 2.60. The topological polar surface area (TPSA) is 90.1 Å². The van der Waals surface area contributed by atoms with Gasteiger partial charge in [-0.15, -0.1) is 0 Å². The summed E-state index contributed by atoms with van der Waals surface area (Å²) in [6.07, 6.45) is -4.03. The van der Waals surface area contributed by atoms with Crippen molar-refractivity contribution in [2.75, 3.05) is 5.32 Å². The minimum Gasteiger partial charge on any atom is -0.321 e. The number of alkyl halides is 3. The third-order valence-corrected chi connectivity index (χ3v) is 3.96. The van der Waals surface area contributed by atoms with Gasteiger partial charge in [-0.1, -0.05) is 24.3 Å². The Balaban J connectivity index is 2.03. The largest absolute Gasteiger partial charge is 0.434 e. The van der Waals surface area contributed by atoms with Crippen molar-refractivity contribution in [3.8, 4) is 5.69 Å². The number of halogens is 3. The van der Waals surface area contributed by atoms with Crippen LogP contribution in [0.3, 0.4) is 0 Å². The van der Waals surface area contributed by atoms with Gasteiger partial charge >= 0.3 is 6.18 Å². The highest BCUT2D eigenvalue weighted by Crippen LogP contribution is 2.34. The van der Waals surface area contributed by atoms with Gasteiger partial charge in [0.1, 0.15) is 0 Å². The first-order valence-corrected chi connectivity index (χ1v) is 7.95. The summed E-state index contributed by atoms with van der Waals surface area (Å²) in [7, 11) is 0. The molecule has 0 unspecified atom stereocenters. The third-order valence-electron chi connectivity index (χ3n) is 3.96. The quantitative estimate of drug-likeness (QED) is 0.529. The third kappa shape index (κ3) is 3.70. The summed E-state index contributed by atoms with van der Waals surface area (Å²) >= 11 is 0. The van der Waals surface area contributed by atoms with E-state index in [0.717, 1.165) is 12.3 Å². The van der Waals surface area contributed by atoms with E-state index in [1.165, 1.54) is 24.3 Å². The monoisotopic (exact) mass is 390 g/mol. The number of para-hydroxylation sites is 1. The summed E-state index contributed by atoms with van der Waals surface area (Å²) in [5.41, 5.74) is -1.58. The summed E-state index contributed by atoms with van der Waals surface area (Å²) in [5.74, 6) is -1.07. The molecular weight excluding hydrogens is 377 g/mol. The molecule has 3 aromatic rings. The van der Waals surface area contributed by atoms with Crippen molar-refractivity contribution >= 4 is 17.3 Å². The highest BCUT2D eigenvalue weighted by atomic mass is 19.4. The van der Waals surface area contributed by atoms with Crippen LogP contribution in [0, 0.1) is 17.0 Å². The van der Waals surface area contributed by atoms with Crippen molar-refractivity contribution in [3.05, 3.63) is 81.7 Å². The molecule has 3 rings (SSSR count). The van der Waals surface area contributed by atoms with Crippen molar-refractivity contribution in [2.45, 2.75) is 13.1 Å². The molecule has 0 atom stereocenters. The van der Waals surface area contributed by atoms with Gasteiger partial charge in [0.2, 0.25) is 0 Å².